The summed E-state index contributed by atoms with van der Waals surface area (Å²) in [4.78, 5) is 11.4. The molecule has 0 aliphatic heterocycles. The Labute approximate surface area is 142 Å². The van der Waals surface area contributed by atoms with Crippen molar-refractivity contribution in [2.45, 2.75) is 6.61 Å². The van der Waals surface area contributed by atoms with Crippen LogP contribution in [-0.4, -0.2) is 5.97 Å². The zero-order chi connectivity index (χ0) is 16.8. The van der Waals surface area contributed by atoms with Crippen LogP contribution in [0.4, 0.5) is 0 Å². The third-order valence-corrected chi connectivity index (χ3v) is 3.83. The van der Waals surface area contributed by atoms with Gasteiger partial charge in [-0.15, -0.1) is 0 Å². The number of hydrogen-bond donors (Lipinski definition) is 0. The molecule has 0 fully saturated rings. The molecular weight excluding hydrogens is 296 g/mol. The van der Waals surface area contributed by atoms with Gasteiger partial charge in [-0.3, -0.25) is 0 Å². The van der Waals surface area contributed by atoms with E-state index in [4.69, 9.17) is 4.74 Å². The fourth-order valence-electron chi connectivity index (χ4n) is 2.73. The van der Waals surface area contributed by atoms with Crippen molar-refractivity contribution in [3.63, 3.8) is 0 Å². The van der Waals surface area contributed by atoms with Crippen LogP contribution < -0.4 is 0 Å². The molecule has 0 saturated heterocycles. The summed E-state index contributed by atoms with van der Waals surface area (Å²) in [6.45, 7) is 3.66. The molecule has 0 saturated carbocycles. The largest absolute Gasteiger partial charge is 0.458 e. The van der Waals surface area contributed by atoms with Crippen molar-refractivity contribution in [3.8, 4) is 22.3 Å². The van der Waals surface area contributed by atoms with Crippen molar-refractivity contribution in [3.05, 3.63) is 97.1 Å². The van der Waals surface area contributed by atoms with Gasteiger partial charge in [0.25, 0.3) is 0 Å². The van der Waals surface area contributed by atoms with Gasteiger partial charge in [0.1, 0.15) is 6.61 Å². The number of esters is 1. The lowest BCUT2D eigenvalue weighted by Crippen LogP contribution is -2.02. The van der Waals surface area contributed by atoms with Crippen molar-refractivity contribution in [1.29, 1.82) is 0 Å². The summed E-state index contributed by atoms with van der Waals surface area (Å²) in [6.07, 6.45) is 1.18. The van der Waals surface area contributed by atoms with Crippen molar-refractivity contribution < 1.29 is 9.53 Å². The molecule has 0 N–H and O–H groups in total. The van der Waals surface area contributed by atoms with Crippen molar-refractivity contribution in [1.82, 2.24) is 0 Å². The molecule has 0 atom stereocenters. The number of carbonyl (C=O) groups excluding carboxylic acids is 1. The Bertz CT molecular complexity index is 836. The predicted octanol–water partition coefficient (Wildman–Crippen LogP) is 5.25. The second kappa shape index (κ2) is 7.42. The Hall–Kier alpha value is -3.13. The van der Waals surface area contributed by atoms with Crippen LogP contribution in [0.15, 0.2) is 91.5 Å². The zero-order valence-corrected chi connectivity index (χ0v) is 13.3. The van der Waals surface area contributed by atoms with E-state index in [1.165, 1.54) is 6.08 Å². The third-order valence-electron chi connectivity index (χ3n) is 3.83. The molecule has 0 unspecified atom stereocenters. The van der Waals surface area contributed by atoms with Gasteiger partial charge < -0.3 is 4.74 Å². The first kappa shape index (κ1) is 15.8. The summed E-state index contributed by atoms with van der Waals surface area (Å²) in [7, 11) is 0. The molecule has 0 aromatic heterocycles. The molecule has 2 heteroatoms. The Morgan fingerprint density at radius 1 is 0.833 bits per heavy atom. The lowest BCUT2D eigenvalue weighted by Gasteiger charge is -2.15. The molecule has 3 aromatic carbocycles. The second-order valence-corrected chi connectivity index (χ2v) is 5.38. The number of ether oxygens (including phenoxy) is 1. The maximum Gasteiger partial charge on any atom is 0.330 e. The van der Waals surface area contributed by atoms with Gasteiger partial charge in [0, 0.05) is 6.08 Å². The highest BCUT2D eigenvalue weighted by Gasteiger charge is 2.13. The molecule has 3 rings (SSSR count). The highest BCUT2D eigenvalue weighted by molar-refractivity contribution is 5.86. The van der Waals surface area contributed by atoms with Crippen LogP contribution in [0.5, 0.6) is 0 Å². The standard InChI is InChI=1S/C22H18O2/c1-2-21(23)24-16-19-14-9-15-20(17-10-5-3-6-11-17)22(19)18-12-7-4-8-13-18/h2-15H,1,16H2. The smallest absolute Gasteiger partial charge is 0.330 e. The lowest BCUT2D eigenvalue weighted by molar-refractivity contribution is -0.138. The highest BCUT2D eigenvalue weighted by atomic mass is 16.5. The van der Waals surface area contributed by atoms with Crippen molar-refractivity contribution in [2.75, 3.05) is 0 Å². The van der Waals surface area contributed by atoms with E-state index >= 15 is 0 Å². The van der Waals surface area contributed by atoms with E-state index in [0.717, 1.165) is 27.8 Å². The summed E-state index contributed by atoms with van der Waals surface area (Å²) >= 11 is 0. The molecule has 3 aromatic rings. The molecule has 0 aliphatic carbocycles. The van der Waals surface area contributed by atoms with Gasteiger partial charge in [0.05, 0.1) is 0 Å². The number of benzene rings is 3. The lowest BCUT2D eigenvalue weighted by atomic mass is 9.91. The molecular formula is C22H18O2. The summed E-state index contributed by atoms with van der Waals surface area (Å²) in [6, 6.07) is 26.4. The normalized spacial score (nSPS) is 10.2. The predicted molar refractivity (Wildman–Crippen MR) is 97.3 cm³/mol. The number of carbonyl (C=O) groups is 1. The van der Waals surface area contributed by atoms with E-state index < -0.39 is 5.97 Å². The third kappa shape index (κ3) is 3.44. The monoisotopic (exact) mass is 314 g/mol. The second-order valence-electron chi connectivity index (χ2n) is 5.38. The molecule has 0 amide bonds. The molecule has 0 spiro atoms. The fraction of sp³-hybridized carbons (Fsp3) is 0.0455. The Kier molecular flexibility index (Phi) is 4.87. The Morgan fingerprint density at radius 3 is 2.08 bits per heavy atom. The van der Waals surface area contributed by atoms with Crippen molar-refractivity contribution >= 4 is 5.97 Å². The van der Waals surface area contributed by atoms with E-state index in [0.29, 0.717) is 0 Å². The molecule has 0 radical (unpaired) electrons. The van der Waals surface area contributed by atoms with E-state index in [1.54, 1.807) is 0 Å². The van der Waals surface area contributed by atoms with Gasteiger partial charge in [0.15, 0.2) is 0 Å². The summed E-state index contributed by atoms with van der Waals surface area (Å²) < 4.78 is 5.27. The Morgan fingerprint density at radius 2 is 1.46 bits per heavy atom. The molecule has 24 heavy (non-hydrogen) atoms. The highest BCUT2D eigenvalue weighted by Crippen LogP contribution is 2.35. The average molecular weight is 314 g/mol. The van der Waals surface area contributed by atoms with Crippen molar-refractivity contribution in [2.24, 2.45) is 0 Å². The molecule has 0 bridgehead atoms. The van der Waals surface area contributed by atoms with Gasteiger partial charge in [-0.05, 0) is 27.8 Å². The van der Waals surface area contributed by atoms with E-state index in [2.05, 4.69) is 36.9 Å². The number of hydrogen-bond acceptors (Lipinski definition) is 2. The maximum absolute atomic E-state index is 11.4. The van der Waals surface area contributed by atoms with Gasteiger partial charge in [-0.1, -0.05) is 85.4 Å². The quantitative estimate of drug-likeness (QED) is 0.475. The van der Waals surface area contributed by atoms with Gasteiger partial charge >= 0.3 is 5.97 Å². The first-order valence-electron chi connectivity index (χ1n) is 7.81. The van der Waals surface area contributed by atoms with Crippen LogP contribution in [0.3, 0.4) is 0 Å². The molecule has 0 heterocycles. The number of rotatable bonds is 5. The minimum Gasteiger partial charge on any atom is -0.458 e. The van der Waals surface area contributed by atoms with Crippen LogP contribution in [0, 0.1) is 0 Å². The Balaban J connectivity index is 2.12. The average Bonchev–Trinajstić information content (AvgIpc) is 2.67. The minimum atomic E-state index is -0.417. The zero-order valence-electron chi connectivity index (χ0n) is 13.3. The first-order valence-corrected chi connectivity index (χ1v) is 7.81. The summed E-state index contributed by atoms with van der Waals surface area (Å²) in [5, 5.41) is 0. The van der Waals surface area contributed by atoms with Crippen LogP contribution in [0.25, 0.3) is 22.3 Å². The van der Waals surface area contributed by atoms with Crippen LogP contribution in [-0.2, 0) is 16.1 Å². The van der Waals surface area contributed by atoms with E-state index in [-0.39, 0.29) is 6.61 Å². The maximum atomic E-state index is 11.4. The summed E-state index contributed by atoms with van der Waals surface area (Å²) in [5.41, 5.74) is 5.41. The van der Waals surface area contributed by atoms with Gasteiger partial charge in [-0.2, -0.15) is 0 Å². The van der Waals surface area contributed by atoms with E-state index in [9.17, 15) is 4.79 Å². The first-order chi connectivity index (χ1) is 11.8. The van der Waals surface area contributed by atoms with Crippen LogP contribution >= 0.6 is 0 Å². The fourth-order valence-corrected chi connectivity index (χ4v) is 2.73. The van der Waals surface area contributed by atoms with E-state index in [1.807, 2.05) is 48.5 Å². The summed E-state index contributed by atoms with van der Waals surface area (Å²) in [5.74, 6) is -0.417. The van der Waals surface area contributed by atoms with Crippen LogP contribution in [0.2, 0.25) is 0 Å². The van der Waals surface area contributed by atoms with Crippen LogP contribution in [0.1, 0.15) is 5.56 Å². The molecule has 2 nitrogen and oxygen atoms in total. The molecule has 118 valence electrons. The molecule has 0 aliphatic rings. The van der Waals surface area contributed by atoms with Gasteiger partial charge in [-0.25, -0.2) is 4.79 Å². The topological polar surface area (TPSA) is 26.3 Å². The van der Waals surface area contributed by atoms with Gasteiger partial charge in [0.2, 0.25) is 0 Å². The SMILES string of the molecule is C=CC(=O)OCc1cccc(-c2ccccc2)c1-c1ccccc1. The minimum absolute atomic E-state index is 0.218.